The van der Waals surface area contributed by atoms with E-state index < -0.39 is 0 Å². The first-order valence-electron chi connectivity index (χ1n) is 6.60. The molecule has 1 unspecified atom stereocenters. The zero-order valence-corrected chi connectivity index (χ0v) is 12.8. The van der Waals surface area contributed by atoms with Gasteiger partial charge in [-0.25, -0.2) is 4.99 Å². The van der Waals surface area contributed by atoms with Crippen LogP contribution in [0.2, 0.25) is 0 Å². The number of hydrogen-bond acceptors (Lipinski definition) is 5. The Balaban J connectivity index is 1.95. The molecule has 0 saturated heterocycles. The summed E-state index contributed by atoms with van der Waals surface area (Å²) in [6, 6.07) is 8.35. The van der Waals surface area contributed by atoms with Gasteiger partial charge in [-0.3, -0.25) is 0 Å². The third kappa shape index (κ3) is 4.24. The van der Waals surface area contributed by atoms with E-state index in [0.717, 1.165) is 24.5 Å². The molecule has 0 aromatic heterocycles. The maximum Gasteiger partial charge on any atom is 0.0873 e. The molecule has 3 nitrogen and oxygen atoms in total. The number of nitrogens with zero attached hydrogens (tertiary/aromatic N) is 1. The van der Waals surface area contributed by atoms with E-state index in [1.807, 2.05) is 29.6 Å². The smallest absolute Gasteiger partial charge is 0.0873 e. The number of hydrogen-bond donors (Lipinski definition) is 1. The Kier molecular flexibility index (Phi) is 6.23. The molecule has 104 valence electrons. The molecule has 0 spiro atoms. The fraction of sp³-hybridized carbons (Fsp3) is 0.500. The highest BCUT2D eigenvalue weighted by atomic mass is 32.2. The van der Waals surface area contributed by atoms with E-state index >= 15 is 0 Å². The molecule has 2 N–H and O–H groups in total. The van der Waals surface area contributed by atoms with Crippen molar-refractivity contribution >= 4 is 34.3 Å². The van der Waals surface area contributed by atoms with Crippen LogP contribution in [0.4, 0.5) is 5.69 Å². The fourth-order valence-corrected chi connectivity index (χ4v) is 4.11. The third-order valence-corrected chi connectivity index (χ3v) is 5.38. The van der Waals surface area contributed by atoms with Gasteiger partial charge in [-0.05, 0) is 18.6 Å². The Morgan fingerprint density at radius 1 is 1.37 bits per heavy atom. The van der Waals surface area contributed by atoms with Crippen LogP contribution in [0.15, 0.2) is 34.2 Å². The van der Waals surface area contributed by atoms with Crippen molar-refractivity contribution in [1.82, 2.24) is 0 Å². The average molecular weight is 296 g/mol. The van der Waals surface area contributed by atoms with Crippen molar-refractivity contribution in [3.63, 3.8) is 0 Å². The van der Waals surface area contributed by atoms with Crippen LogP contribution in [-0.2, 0) is 4.74 Å². The Hall–Kier alpha value is -0.490. The van der Waals surface area contributed by atoms with Gasteiger partial charge in [-0.1, -0.05) is 19.1 Å². The van der Waals surface area contributed by atoms with E-state index in [0.29, 0.717) is 18.4 Å². The molecule has 19 heavy (non-hydrogen) atoms. The van der Waals surface area contributed by atoms with E-state index in [9.17, 15) is 0 Å². The van der Waals surface area contributed by atoms with Crippen molar-refractivity contribution < 1.29 is 4.74 Å². The second-order valence-corrected chi connectivity index (χ2v) is 6.54. The van der Waals surface area contributed by atoms with Crippen LogP contribution in [0, 0.1) is 0 Å². The summed E-state index contributed by atoms with van der Waals surface area (Å²) < 4.78 is 5.40. The van der Waals surface area contributed by atoms with Crippen molar-refractivity contribution in [1.29, 1.82) is 0 Å². The molecular formula is C14H20N2OS2. The average Bonchev–Trinajstić information content (AvgIpc) is 2.46. The van der Waals surface area contributed by atoms with Crippen LogP contribution in [-0.4, -0.2) is 35.8 Å². The van der Waals surface area contributed by atoms with Gasteiger partial charge >= 0.3 is 0 Å². The van der Waals surface area contributed by atoms with Crippen LogP contribution in [0.5, 0.6) is 0 Å². The summed E-state index contributed by atoms with van der Waals surface area (Å²) in [5.41, 5.74) is 6.49. The normalized spacial score (nSPS) is 18.0. The molecule has 0 amide bonds. The van der Waals surface area contributed by atoms with E-state index in [4.69, 9.17) is 15.5 Å². The second kappa shape index (κ2) is 7.94. The number of fused-ring (bicyclic) bond motifs is 1. The number of thioether (sulfide) groups is 2. The topological polar surface area (TPSA) is 47.6 Å². The lowest BCUT2D eigenvalue weighted by Gasteiger charge is -2.22. The summed E-state index contributed by atoms with van der Waals surface area (Å²) in [6.07, 6.45) is 1.11. The molecule has 0 fully saturated rings. The number of nitrogens with two attached hydrogens (primary N) is 1. The van der Waals surface area contributed by atoms with Crippen molar-refractivity contribution in [3.8, 4) is 0 Å². The van der Waals surface area contributed by atoms with Gasteiger partial charge in [0, 0.05) is 17.2 Å². The molecule has 5 heteroatoms. The number of benzene rings is 1. The monoisotopic (exact) mass is 296 g/mol. The minimum absolute atomic E-state index is 0.481. The molecule has 0 aliphatic carbocycles. The highest BCUT2D eigenvalue weighted by Gasteiger charge is 2.22. The Bertz CT molecular complexity index is 437. The number of aliphatic imine (C=N–C) groups is 1. The molecule has 1 aliphatic rings. The minimum Gasteiger partial charge on any atom is -0.379 e. The predicted molar refractivity (Wildman–Crippen MR) is 85.8 cm³/mol. The van der Waals surface area contributed by atoms with Gasteiger partial charge in [0.2, 0.25) is 0 Å². The summed E-state index contributed by atoms with van der Waals surface area (Å²) >= 11 is 3.73. The first-order valence-corrected chi connectivity index (χ1v) is 8.46. The van der Waals surface area contributed by atoms with Crippen molar-refractivity contribution in [2.24, 2.45) is 10.7 Å². The molecule has 1 atom stereocenters. The SMILES string of the molecule is CCC1Sc2ccccc2N=C1SCCOCCN. The molecule has 1 aliphatic heterocycles. The number of para-hydroxylation sites is 1. The Morgan fingerprint density at radius 2 is 2.21 bits per heavy atom. The number of ether oxygens (including phenoxy) is 1. The second-order valence-electron chi connectivity index (χ2n) is 4.18. The standard InChI is InChI=1S/C14H20N2OS2/c1-2-12-14(18-10-9-17-8-7-15)16-11-5-3-4-6-13(11)19-12/h3-6,12H,2,7-10,15H2,1H3. The third-order valence-electron chi connectivity index (χ3n) is 2.75. The van der Waals surface area contributed by atoms with Crippen molar-refractivity contribution in [3.05, 3.63) is 24.3 Å². The maximum absolute atomic E-state index is 5.40. The summed E-state index contributed by atoms with van der Waals surface area (Å²) in [4.78, 5) is 6.08. The predicted octanol–water partition coefficient (Wildman–Crippen LogP) is 3.31. The molecule has 1 aromatic rings. The van der Waals surface area contributed by atoms with Gasteiger partial charge in [0.1, 0.15) is 0 Å². The van der Waals surface area contributed by atoms with Gasteiger partial charge in [-0.2, -0.15) is 0 Å². The van der Waals surface area contributed by atoms with E-state index in [-0.39, 0.29) is 0 Å². The van der Waals surface area contributed by atoms with Crippen molar-refractivity contribution in [2.75, 3.05) is 25.5 Å². The highest BCUT2D eigenvalue weighted by Crippen LogP contribution is 2.40. The van der Waals surface area contributed by atoms with Crippen LogP contribution in [0.3, 0.4) is 0 Å². The lowest BCUT2D eigenvalue weighted by molar-refractivity contribution is 0.158. The lowest BCUT2D eigenvalue weighted by atomic mass is 10.3. The quantitative estimate of drug-likeness (QED) is 0.818. The first kappa shape index (κ1) is 14.9. The summed E-state index contributed by atoms with van der Waals surface area (Å²) in [7, 11) is 0. The van der Waals surface area contributed by atoms with Gasteiger partial charge in [-0.15, -0.1) is 23.5 Å². The largest absolute Gasteiger partial charge is 0.379 e. The Labute approximate surface area is 123 Å². The zero-order chi connectivity index (χ0) is 13.5. The summed E-state index contributed by atoms with van der Waals surface area (Å²) in [5, 5.41) is 1.71. The van der Waals surface area contributed by atoms with Gasteiger partial charge in [0.05, 0.1) is 29.2 Å². The molecule has 1 heterocycles. The van der Waals surface area contributed by atoms with E-state index in [1.165, 1.54) is 9.94 Å². The highest BCUT2D eigenvalue weighted by molar-refractivity contribution is 8.16. The van der Waals surface area contributed by atoms with Gasteiger partial charge in [0.15, 0.2) is 0 Å². The van der Waals surface area contributed by atoms with Crippen LogP contribution < -0.4 is 5.73 Å². The summed E-state index contributed by atoms with van der Waals surface area (Å²) in [6.45, 7) is 4.19. The number of rotatable bonds is 6. The molecule has 0 radical (unpaired) electrons. The summed E-state index contributed by atoms with van der Waals surface area (Å²) in [5.74, 6) is 0.943. The fourth-order valence-electron chi connectivity index (χ4n) is 1.82. The molecule has 0 saturated carbocycles. The van der Waals surface area contributed by atoms with Crippen LogP contribution in [0.1, 0.15) is 13.3 Å². The Morgan fingerprint density at radius 3 is 3.00 bits per heavy atom. The van der Waals surface area contributed by atoms with E-state index in [1.54, 1.807) is 0 Å². The van der Waals surface area contributed by atoms with Gasteiger partial charge < -0.3 is 10.5 Å². The molecule has 1 aromatic carbocycles. The maximum atomic E-state index is 5.40. The van der Waals surface area contributed by atoms with Crippen molar-refractivity contribution in [2.45, 2.75) is 23.5 Å². The zero-order valence-electron chi connectivity index (χ0n) is 11.2. The van der Waals surface area contributed by atoms with Crippen LogP contribution >= 0.6 is 23.5 Å². The van der Waals surface area contributed by atoms with Crippen LogP contribution in [0.25, 0.3) is 0 Å². The first-order chi connectivity index (χ1) is 9.35. The van der Waals surface area contributed by atoms with Gasteiger partial charge in [0.25, 0.3) is 0 Å². The molecular weight excluding hydrogens is 276 g/mol. The minimum atomic E-state index is 0.481. The lowest BCUT2D eigenvalue weighted by Crippen LogP contribution is -2.17. The van der Waals surface area contributed by atoms with E-state index in [2.05, 4.69) is 25.1 Å². The molecule has 2 rings (SSSR count). The molecule has 0 bridgehead atoms.